The van der Waals surface area contributed by atoms with Crippen molar-refractivity contribution in [2.75, 3.05) is 7.11 Å². The van der Waals surface area contributed by atoms with Crippen molar-refractivity contribution >= 4 is 52.5 Å². The predicted molar refractivity (Wildman–Crippen MR) is 151 cm³/mol. The van der Waals surface area contributed by atoms with E-state index in [-0.39, 0.29) is 34.1 Å². The number of rotatable bonds is 7. The highest BCUT2D eigenvalue weighted by Crippen LogP contribution is 2.23. The number of phenolic OH excluding ortho intramolecular Hbond substituents is 1. The molecule has 0 atom stereocenters. The number of aliphatic carboxylic acids is 1. The van der Waals surface area contributed by atoms with Crippen molar-refractivity contribution in [2.45, 2.75) is 19.6 Å². The van der Waals surface area contributed by atoms with E-state index in [1.807, 2.05) is 0 Å². The lowest BCUT2D eigenvalue weighted by molar-refractivity contribution is -0.192. The lowest BCUT2D eigenvalue weighted by Crippen LogP contribution is -2.29. The van der Waals surface area contributed by atoms with E-state index in [0.717, 1.165) is 5.56 Å². The third kappa shape index (κ3) is 8.78. The molecule has 0 saturated carbocycles. The van der Waals surface area contributed by atoms with E-state index >= 15 is 0 Å². The molecule has 44 heavy (non-hydrogen) atoms. The number of benzene rings is 3. The van der Waals surface area contributed by atoms with Gasteiger partial charge >= 0.3 is 18.1 Å². The van der Waals surface area contributed by atoms with Gasteiger partial charge in [-0.1, -0.05) is 35.0 Å². The summed E-state index contributed by atoms with van der Waals surface area (Å²) in [6, 6.07) is 14.6. The number of amides is 2. The van der Waals surface area contributed by atoms with Gasteiger partial charge in [-0.3, -0.25) is 14.7 Å². The zero-order chi connectivity index (χ0) is 32.6. The van der Waals surface area contributed by atoms with Gasteiger partial charge in [0.1, 0.15) is 17.0 Å². The van der Waals surface area contributed by atoms with E-state index in [9.17, 15) is 32.7 Å². The van der Waals surface area contributed by atoms with E-state index in [1.54, 1.807) is 43.3 Å². The van der Waals surface area contributed by atoms with Crippen LogP contribution in [0.1, 0.15) is 37.4 Å². The summed E-state index contributed by atoms with van der Waals surface area (Å²) in [5.74, 6) is -4.47. The van der Waals surface area contributed by atoms with Crippen LogP contribution in [0.15, 0.2) is 60.3 Å². The quantitative estimate of drug-likeness (QED) is 0.147. The van der Waals surface area contributed by atoms with Crippen molar-refractivity contribution in [1.29, 1.82) is 0 Å². The maximum Gasteiger partial charge on any atom is 0.490 e. The summed E-state index contributed by atoms with van der Waals surface area (Å²) >= 11 is 6.39. The second-order valence-electron chi connectivity index (χ2n) is 8.90. The maximum atomic E-state index is 13.1. The first-order valence-electron chi connectivity index (χ1n) is 12.3. The Morgan fingerprint density at radius 2 is 1.77 bits per heavy atom. The molecule has 230 valence electrons. The third-order valence-electron chi connectivity index (χ3n) is 5.70. The zero-order valence-corrected chi connectivity index (χ0v) is 23.6. The maximum absolute atomic E-state index is 13.1. The highest BCUT2D eigenvalue weighted by atomic mass is 35.5. The molecular weight excluding hydrogens is 611 g/mol. The van der Waals surface area contributed by atoms with E-state index in [2.05, 4.69) is 26.0 Å². The van der Waals surface area contributed by atoms with Crippen LogP contribution in [0.5, 0.6) is 5.75 Å². The molecule has 0 unspecified atom stereocenters. The Hall–Kier alpha value is -5.44. The van der Waals surface area contributed by atoms with Crippen LogP contribution in [0.2, 0.25) is 5.02 Å². The number of nitrogens with zero attached hydrogens (tertiary/aromatic N) is 2. The molecule has 3 aromatic carbocycles. The molecule has 0 spiro atoms. The number of H-pyrrole nitrogens is 1. The average Bonchev–Trinajstić information content (AvgIpc) is 3.42. The van der Waals surface area contributed by atoms with Gasteiger partial charge in [-0.2, -0.15) is 13.2 Å². The van der Waals surface area contributed by atoms with E-state index in [1.165, 1.54) is 31.4 Å². The highest BCUT2D eigenvalue weighted by molar-refractivity contribution is 6.34. The molecule has 0 aliphatic heterocycles. The van der Waals surface area contributed by atoms with Crippen LogP contribution in [0.3, 0.4) is 0 Å². The SMILES string of the molecule is COC(=O)C(=Cc1ccc2[nH]nnc2c1)NC(=O)c1c(C)cc(C(=O)NCc2cccc(O)c2)cc1Cl.O=C(O)C(F)(F)F. The molecule has 0 aliphatic rings. The number of ether oxygens (including phenoxy) is 1. The van der Waals surface area contributed by atoms with Crippen LogP contribution >= 0.6 is 11.6 Å². The molecule has 1 aromatic heterocycles. The van der Waals surface area contributed by atoms with E-state index in [4.69, 9.17) is 26.2 Å². The van der Waals surface area contributed by atoms with Crippen molar-refractivity contribution in [3.8, 4) is 5.75 Å². The molecular formula is C28H23ClF3N5O7. The smallest absolute Gasteiger partial charge is 0.490 e. The fourth-order valence-corrected chi connectivity index (χ4v) is 4.02. The number of phenols is 1. The minimum Gasteiger partial charge on any atom is -0.508 e. The molecule has 2 amide bonds. The summed E-state index contributed by atoms with van der Waals surface area (Å²) in [4.78, 5) is 47.0. The van der Waals surface area contributed by atoms with Gasteiger partial charge < -0.3 is 25.6 Å². The largest absolute Gasteiger partial charge is 0.508 e. The minimum atomic E-state index is -5.08. The average molecular weight is 634 g/mol. The Morgan fingerprint density at radius 3 is 2.39 bits per heavy atom. The predicted octanol–water partition coefficient (Wildman–Crippen LogP) is 4.13. The van der Waals surface area contributed by atoms with Crippen molar-refractivity contribution < 1.29 is 47.3 Å². The van der Waals surface area contributed by atoms with Crippen LogP contribution in [0.4, 0.5) is 13.2 Å². The Balaban J connectivity index is 0.000000676. The van der Waals surface area contributed by atoms with Crippen molar-refractivity contribution in [1.82, 2.24) is 26.0 Å². The Kier molecular flexibility index (Phi) is 10.6. The molecule has 0 fully saturated rings. The van der Waals surface area contributed by atoms with Crippen LogP contribution in [-0.2, 0) is 20.9 Å². The van der Waals surface area contributed by atoms with Gasteiger partial charge in [0.2, 0.25) is 0 Å². The second kappa shape index (κ2) is 14.2. The molecule has 12 nitrogen and oxygen atoms in total. The van der Waals surface area contributed by atoms with Gasteiger partial charge in [0, 0.05) is 12.1 Å². The number of hydrogen-bond acceptors (Lipinski definition) is 8. The fourth-order valence-electron chi connectivity index (χ4n) is 3.67. The summed E-state index contributed by atoms with van der Waals surface area (Å²) in [6.45, 7) is 1.83. The van der Waals surface area contributed by atoms with Crippen LogP contribution in [-0.4, -0.2) is 62.7 Å². The number of alkyl halides is 3. The number of carbonyl (C=O) groups excluding carboxylic acids is 3. The Labute approximate surface area is 251 Å². The number of fused-ring (bicyclic) bond motifs is 1. The lowest BCUT2D eigenvalue weighted by Gasteiger charge is -2.13. The second-order valence-corrected chi connectivity index (χ2v) is 9.30. The van der Waals surface area contributed by atoms with Crippen LogP contribution in [0, 0.1) is 6.92 Å². The van der Waals surface area contributed by atoms with Gasteiger partial charge in [-0.05, 0) is 66.1 Å². The molecule has 0 radical (unpaired) electrons. The first-order chi connectivity index (χ1) is 20.7. The van der Waals surface area contributed by atoms with Crippen molar-refractivity contribution in [3.05, 3.63) is 93.1 Å². The van der Waals surface area contributed by atoms with Crippen LogP contribution < -0.4 is 10.6 Å². The third-order valence-corrected chi connectivity index (χ3v) is 6.00. The van der Waals surface area contributed by atoms with Gasteiger partial charge in [0.25, 0.3) is 11.8 Å². The van der Waals surface area contributed by atoms with Gasteiger partial charge in [0.05, 0.1) is 23.2 Å². The number of carboxylic acids is 1. The summed E-state index contributed by atoms with van der Waals surface area (Å²) in [7, 11) is 1.20. The molecule has 0 bridgehead atoms. The number of aromatic hydroxyl groups is 1. The van der Waals surface area contributed by atoms with Crippen molar-refractivity contribution in [2.24, 2.45) is 0 Å². The normalized spacial score (nSPS) is 11.3. The zero-order valence-electron chi connectivity index (χ0n) is 22.8. The minimum absolute atomic E-state index is 0.0354. The number of methoxy groups -OCH3 is 1. The van der Waals surface area contributed by atoms with Gasteiger partial charge in [0.15, 0.2) is 0 Å². The number of esters is 1. The molecule has 4 rings (SSSR count). The van der Waals surface area contributed by atoms with Crippen LogP contribution in [0.25, 0.3) is 17.1 Å². The number of aromatic amines is 1. The summed E-state index contributed by atoms with van der Waals surface area (Å²) in [5.41, 5.74) is 3.28. The molecule has 5 N–H and O–H groups in total. The molecule has 4 aromatic rings. The highest BCUT2D eigenvalue weighted by Gasteiger charge is 2.38. The molecule has 16 heteroatoms. The summed E-state index contributed by atoms with van der Waals surface area (Å²) in [5, 5.41) is 32.4. The standard InChI is InChI=1S/C26H22ClN5O5.C2HF3O2/c1-14-8-17(24(34)28-13-16-4-3-5-18(33)9-16)12-19(27)23(14)25(35)29-22(26(36)37-2)11-15-6-7-20-21(10-15)31-32-30-20;3-2(4,5)1(6)7/h3-12,33H,13H2,1-2H3,(H,28,34)(H,29,35)(H,30,31,32);(H,6,7). The summed E-state index contributed by atoms with van der Waals surface area (Å²) in [6.07, 6.45) is -3.63. The first kappa shape index (κ1) is 33.1. The molecule has 0 saturated heterocycles. The monoisotopic (exact) mass is 633 g/mol. The molecule has 1 heterocycles. The Bertz CT molecular complexity index is 1730. The summed E-state index contributed by atoms with van der Waals surface area (Å²) < 4.78 is 36.6. The van der Waals surface area contributed by atoms with Gasteiger partial charge in [-0.25, -0.2) is 9.59 Å². The molecule has 0 aliphatic carbocycles. The lowest BCUT2D eigenvalue weighted by atomic mass is 10.0. The first-order valence-corrected chi connectivity index (χ1v) is 12.7. The number of nitrogens with one attached hydrogen (secondary N) is 3. The number of aromatic nitrogens is 3. The van der Waals surface area contributed by atoms with Gasteiger partial charge in [-0.15, -0.1) is 5.10 Å². The van der Waals surface area contributed by atoms with Crippen molar-refractivity contribution in [3.63, 3.8) is 0 Å². The topological polar surface area (TPSA) is 184 Å². The Morgan fingerprint density at radius 1 is 1.07 bits per heavy atom. The number of carbonyl (C=O) groups is 4. The number of carboxylic acid groups (broad SMARTS) is 1. The fraction of sp³-hybridized carbons (Fsp3) is 0.143. The number of hydrogen-bond donors (Lipinski definition) is 5. The number of aryl methyl sites for hydroxylation is 1. The van der Waals surface area contributed by atoms with E-state index in [0.29, 0.717) is 22.2 Å². The van der Waals surface area contributed by atoms with E-state index < -0.39 is 29.9 Å². The number of halogens is 4.